The van der Waals surface area contributed by atoms with Crippen molar-refractivity contribution in [3.63, 3.8) is 0 Å². The van der Waals surface area contributed by atoms with Crippen LogP contribution in [-0.4, -0.2) is 77.6 Å². The summed E-state index contributed by atoms with van der Waals surface area (Å²) in [6, 6.07) is 0. The van der Waals surface area contributed by atoms with E-state index in [1.54, 1.807) is 0 Å². The molecule has 14 heavy (non-hydrogen) atoms. The fourth-order valence-electron chi connectivity index (χ4n) is 0.740. The Morgan fingerprint density at radius 1 is 0.643 bits per heavy atom. The minimum Gasteiger partial charge on any atom is -0.329 e. The average molecular weight is 206 g/mol. The van der Waals surface area contributed by atoms with Crippen molar-refractivity contribution >= 4 is 0 Å². The van der Waals surface area contributed by atoms with E-state index in [-0.39, 0.29) is 0 Å². The van der Waals surface area contributed by atoms with Gasteiger partial charge in [-0.2, -0.15) is 0 Å². The quantitative estimate of drug-likeness (QED) is 0.259. The summed E-state index contributed by atoms with van der Waals surface area (Å²) in [4.78, 5) is 10.2. The Kier molecular flexibility index (Phi) is 5.59. The molecule has 0 aromatic carbocycles. The molecule has 0 aromatic heterocycles. The van der Waals surface area contributed by atoms with E-state index in [0.717, 1.165) is 22.1 Å². The number of likely N-dealkylation sites (N-methyl/N-ethyl adjacent to an activating group) is 2. The topological polar surface area (TPSA) is 18.5 Å². The fourth-order valence-corrected chi connectivity index (χ4v) is 0.740. The molecule has 0 N–H and O–H groups in total. The third-order valence-corrected chi connectivity index (χ3v) is 1.77. The van der Waals surface area contributed by atoms with Crippen molar-refractivity contribution in [2.45, 2.75) is 0 Å². The summed E-state index contributed by atoms with van der Waals surface area (Å²) in [7, 11) is 12.8. The first kappa shape index (κ1) is 13.8. The molecule has 0 fully saturated rings. The Morgan fingerprint density at radius 3 is 1.14 bits per heavy atom. The first-order valence-corrected chi connectivity index (χ1v) is 5.06. The number of nitrogens with zero attached hydrogens (tertiary/aromatic N) is 2. The summed E-state index contributed by atoms with van der Waals surface area (Å²) in [5.74, 6) is 0. The van der Waals surface area contributed by atoms with Crippen molar-refractivity contribution in [3.05, 3.63) is 0 Å². The Bertz CT molecular complexity index is 129. The van der Waals surface area contributed by atoms with E-state index in [9.17, 15) is 0 Å². The zero-order valence-corrected chi connectivity index (χ0v) is 10.5. The van der Waals surface area contributed by atoms with E-state index in [1.165, 1.54) is 0 Å². The second-order valence-electron chi connectivity index (χ2n) is 5.67. The van der Waals surface area contributed by atoms with Gasteiger partial charge in [-0.3, -0.25) is 0 Å². The standard InChI is InChI=1S/C10H26N2O2/c1-11(2,3)7-9-13-14-10-8-12(4,5)6/h7-10H2,1-6H3/q+2. The molecule has 4 nitrogen and oxygen atoms in total. The van der Waals surface area contributed by atoms with Crippen LogP contribution in [0.4, 0.5) is 0 Å². The maximum Gasteiger partial charge on any atom is 0.131 e. The Morgan fingerprint density at radius 2 is 0.929 bits per heavy atom. The predicted molar refractivity (Wildman–Crippen MR) is 57.7 cm³/mol. The molecule has 0 aliphatic carbocycles. The van der Waals surface area contributed by atoms with Crippen LogP contribution >= 0.6 is 0 Å². The second kappa shape index (κ2) is 5.66. The van der Waals surface area contributed by atoms with Gasteiger partial charge in [0.2, 0.25) is 0 Å². The Labute approximate surface area is 88.1 Å². The van der Waals surface area contributed by atoms with Crippen molar-refractivity contribution in [2.24, 2.45) is 0 Å². The lowest BCUT2D eigenvalue weighted by Crippen LogP contribution is -2.39. The van der Waals surface area contributed by atoms with Gasteiger partial charge in [0.1, 0.15) is 26.3 Å². The molecule has 0 spiro atoms. The molecule has 0 bridgehead atoms. The van der Waals surface area contributed by atoms with Gasteiger partial charge in [-0.1, -0.05) is 0 Å². The highest BCUT2D eigenvalue weighted by molar-refractivity contribution is 4.25. The Balaban J connectivity index is 3.23. The lowest BCUT2D eigenvalue weighted by molar-refractivity contribution is -0.874. The molecule has 0 amide bonds. The third-order valence-electron chi connectivity index (χ3n) is 1.77. The molecule has 0 saturated carbocycles. The molecule has 0 saturated heterocycles. The van der Waals surface area contributed by atoms with Gasteiger partial charge in [0.15, 0.2) is 0 Å². The van der Waals surface area contributed by atoms with Crippen LogP contribution in [0.3, 0.4) is 0 Å². The van der Waals surface area contributed by atoms with Crippen LogP contribution in [0.15, 0.2) is 0 Å². The van der Waals surface area contributed by atoms with Crippen molar-refractivity contribution in [3.8, 4) is 0 Å². The van der Waals surface area contributed by atoms with Gasteiger partial charge >= 0.3 is 0 Å². The summed E-state index contributed by atoms with van der Waals surface area (Å²) in [5, 5.41) is 0. The van der Waals surface area contributed by atoms with Crippen molar-refractivity contribution in [1.82, 2.24) is 0 Å². The molecule has 0 atom stereocenters. The van der Waals surface area contributed by atoms with E-state index in [2.05, 4.69) is 42.3 Å². The van der Waals surface area contributed by atoms with Gasteiger partial charge in [0, 0.05) is 0 Å². The smallest absolute Gasteiger partial charge is 0.131 e. The molecule has 0 rings (SSSR count). The number of hydrogen-bond donors (Lipinski definition) is 0. The zero-order valence-electron chi connectivity index (χ0n) is 10.5. The van der Waals surface area contributed by atoms with Gasteiger partial charge in [-0.25, -0.2) is 9.78 Å². The van der Waals surface area contributed by atoms with Gasteiger partial charge in [0.05, 0.1) is 42.3 Å². The molecule has 0 unspecified atom stereocenters. The molecule has 0 heterocycles. The highest BCUT2D eigenvalue weighted by Crippen LogP contribution is 1.92. The molecule has 86 valence electrons. The predicted octanol–water partition coefficient (Wildman–Crippen LogP) is 0.347. The monoisotopic (exact) mass is 206 g/mol. The minimum absolute atomic E-state index is 0.653. The van der Waals surface area contributed by atoms with E-state index in [4.69, 9.17) is 9.78 Å². The summed E-state index contributed by atoms with van der Waals surface area (Å²) in [6.45, 7) is 3.23. The summed E-state index contributed by atoms with van der Waals surface area (Å²) in [6.07, 6.45) is 0. The van der Waals surface area contributed by atoms with Crippen molar-refractivity contribution < 1.29 is 18.7 Å². The zero-order chi connectivity index (χ0) is 11.2. The SMILES string of the molecule is C[N+](C)(C)CCOOCC[N+](C)(C)C. The minimum atomic E-state index is 0.653. The summed E-state index contributed by atoms with van der Waals surface area (Å²) >= 11 is 0. The van der Waals surface area contributed by atoms with Gasteiger partial charge < -0.3 is 8.97 Å². The lowest BCUT2D eigenvalue weighted by Gasteiger charge is -2.24. The van der Waals surface area contributed by atoms with E-state index in [1.807, 2.05) is 0 Å². The first-order chi connectivity index (χ1) is 6.21. The van der Waals surface area contributed by atoms with Gasteiger partial charge in [0.25, 0.3) is 0 Å². The van der Waals surface area contributed by atoms with E-state index < -0.39 is 0 Å². The molecule has 0 aliphatic rings. The van der Waals surface area contributed by atoms with Gasteiger partial charge in [-0.15, -0.1) is 0 Å². The lowest BCUT2D eigenvalue weighted by atomic mass is 10.5. The largest absolute Gasteiger partial charge is 0.329 e. The van der Waals surface area contributed by atoms with Crippen molar-refractivity contribution in [1.29, 1.82) is 0 Å². The average Bonchev–Trinajstić information content (AvgIpc) is 1.92. The van der Waals surface area contributed by atoms with Crippen molar-refractivity contribution in [2.75, 3.05) is 68.6 Å². The van der Waals surface area contributed by atoms with Crippen LogP contribution in [0.2, 0.25) is 0 Å². The van der Waals surface area contributed by atoms with E-state index in [0.29, 0.717) is 13.2 Å². The summed E-state index contributed by atoms with van der Waals surface area (Å²) in [5.41, 5.74) is 0. The number of rotatable bonds is 7. The second-order valence-corrected chi connectivity index (χ2v) is 5.67. The molecule has 0 radical (unpaired) electrons. The van der Waals surface area contributed by atoms with Crippen LogP contribution in [-0.2, 0) is 9.78 Å². The molecular formula is C10H26N2O2+2. The number of quaternary nitrogens is 2. The molecule has 0 aromatic rings. The maximum absolute atomic E-state index is 5.08. The highest BCUT2D eigenvalue weighted by atomic mass is 17.2. The van der Waals surface area contributed by atoms with Crippen LogP contribution in [0, 0.1) is 0 Å². The van der Waals surface area contributed by atoms with Gasteiger partial charge in [-0.05, 0) is 0 Å². The maximum atomic E-state index is 5.08. The third kappa shape index (κ3) is 11.8. The van der Waals surface area contributed by atoms with Crippen LogP contribution < -0.4 is 0 Å². The van der Waals surface area contributed by atoms with Crippen LogP contribution in [0.1, 0.15) is 0 Å². The highest BCUT2D eigenvalue weighted by Gasteiger charge is 2.08. The summed E-state index contributed by atoms with van der Waals surface area (Å²) < 4.78 is 1.80. The van der Waals surface area contributed by atoms with Crippen LogP contribution in [0.5, 0.6) is 0 Å². The number of hydrogen-bond acceptors (Lipinski definition) is 2. The normalized spacial score (nSPS) is 13.3. The van der Waals surface area contributed by atoms with E-state index >= 15 is 0 Å². The molecule has 0 aliphatic heterocycles. The first-order valence-electron chi connectivity index (χ1n) is 5.06. The molecule has 4 heteroatoms. The Hall–Kier alpha value is -0.160. The fraction of sp³-hybridized carbons (Fsp3) is 1.00. The molecular weight excluding hydrogens is 180 g/mol. The van der Waals surface area contributed by atoms with Crippen LogP contribution in [0.25, 0.3) is 0 Å².